The fourth-order valence-corrected chi connectivity index (χ4v) is 9.21. The van der Waals surface area contributed by atoms with E-state index < -0.39 is 12.2 Å². The van der Waals surface area contributed by atoms with E-state index in [4.69, 9.17) is 4.74 Å². The third kappa shape index (κ3) is 3.40. The zero-order valence-corrected chi connectivity index (χ0v) is 20.7. The topological polar surface area (TPSA) is 87.0 Å². The average Bonchev–Trinajstić information content (AvgIpc) is 3.11. The second-order valence-corrected chi connectivity index (χ2v) is 12.4. The van der Waals surface area contributed by atoms with Crippen LogP contribution in [-0.2, 0) is 9.53 Å². The maximum absolute atomic E-state index is 12.5. The molecule has 0 bridgehead atoms. The molecule has 0 amide bonds. The number of aliphatic hydroxyl groups is 3. The highest BCUT2D eigenvalue weighted by Gasteiger charge is 2.61. The van der Waals surface area contributed by atoms with Crippen molar-refractivity contribution in [2.24, 2.45) is 40.4 Å². The van der Waals surface area contributed by atoms with Crippen LogP contribution in [0.2, 0.25) is 0 Å². The summed E-state index contributed by atoms with van der Waals surface area (Å²) < 4.78 is 5.85. The van der Waals surface area contributed by atoms with Crippen LogP contribution in [0, 0.1) is 40.4 Å². The molecule has 33 heavy (non-hydrogen) atoms. The molecule has 10 atom stereocenters. The third-order valence-corrected chi connectivity index (χ3v) is 11.2. The number of cyclic esters (lactones) is 1. The smallest absolute Gasteiger partial charge is 0.336 e. The first-order valence-electron chi connectivity index (χ1n) is 13.2. The van der Waals surface area contributed by atoms with Gasteiger partial charge in [-0.2, -0.15) is 0 Å². The van der Waals surface area contributed by atoms with Gasteiger partial charge in [0.25, 0.3) is 0 Å². The van der Waals surface area contributed by atoms with E-state index in [2.05, 4.69) is 26.8 Å². The fraction of sp³-hybridized carbons (Fsp3) is 0.821. The zero-order chi connectivity index (χ0) is 23.7. The van der Waals surface area contributed by atoms with E-state index in [0.29, 0.717) is 42.1 Å². The summed E-state index contributed by atoms with van der Waals surface area (Å²) in [5.41, 5.74) is 2.72. The van der Waals surface area contributed by atoms with Crippen molar-refractivity contribution >= 4 is 5.97 Å². The molecule has 0 saturated heterocycles. The molecule has 0 aromatic heterocycles. The fourth-order valence-electron chi connectivity index (χ4n) is 9.21. The second-order valence-electron chi connectivity index (χ2n) is 12.4. The van der Waals surface area contributed by atoms with Crippen LogP contribution in [0.25, 0.3) is 0 Å². The molecule has 5 heteroatoms. The van der Waals surface area contributed by atoms with E-state index >= 15 is 0 Å². The van der Waals surface area contributed by atoms with Gasteiger partial charge in [-0.1, -0.05) is 38.0 Å². The number of rotatable bonds is 3. The molecule has 5 nitrogen and oxygen atoms in total. The Kier molecular flexibility index (Phi) is 5.86. The van der Waals surface area contributed by atoms with Crippen molar-refractivity contribution in [2.45, 2.75) is 97.4 Å². The molecule has 0 aromatic carbocycles. The number of ether oxygens (including phenoxy) is 1. The molecule has 3 N–H and O–H groups in total. The number of carbonyl (C=O) groups excluding carboxylic acids is 1. The number of hydrogen-bond acceptors (Lipinski definition) is 5. The molecule has 184 valence electrons. The Hall–Kier alpha value is -1.17. The maximum Gasteiger partial charge on any atom is 0.336 e. The van der Waals surface area contributed by atoms with E-state index in [-0.39, 0.29) is 35.4 Å². The lowest BCUT2D eigenvalue weighted by Gasteiger charge is -2.59. The van der Waals surface area contributed by atoms with E-state index in [1.54, 1.807) is 0 Å². The largest absolute Gasteiger partial charge is 0.458 e. The van der Waals surface area contributed by atoms with Gasteiger partial charge in [-0.05, 0) is 80.5 Å². The summed E-state index contributed by atoms with van der Waals surface area (Å²) in [6.45, 7) is 8.73. The molecule has 3 saturated carbocycles. The molecule has 0 radical (unpaired) electrons. The first-order chi connectivity index (χ1) is 15.6. The number of fused-ring (bicyclic) bond motifs is 5. The third-order valence-electron chi connectivity index (χ3n) is 11.2. The lowest BCUT2D eigenvalue weighted by atomic mass is 9.46. The number of hydrogen-bond donors (Lipinski definition) is 3. The first kappa shape index (κ1) is 23.6. The van der Waals surface area contributed by atoms with Crippen molar-refractivity contribution in [2.75, 3.05) is 6.61 Å². The van der Waals surface area contributed by atoms with Gasteiger partial charge in [0.05, 0.1) is 24.4 Å². The molecule has 0 spiro atoms. The Morgan fingerprint density at radius 1 is 1.15 bits per heavy atom. The Morgan fingerprint density at radius 2 is 1.91 bits per heavy atom. The Balaban J connectivity index is 1.38. The summed E-state index contributed by atoms with van der Waals surface area (Å²) in [6.07, 6.45) is 9.05. The molecule has 4 aliphatic carbocycles. The van der Waals surface area contributed by atoms with Crippen LogP contribution in [0.15, 0.2) is 22.8 Å². The summed E-state index contributed by atoms with van der Waals surface area (Å²) >= 11 is 0. The van der Waals surface area contributed by atoms with Crippen LogP contribution in [0.1, 0.15) is 79.1 Å². The van der Waals surface area contributed by atoms with Gasteiger partial charge in [0.15, 0.2) is 0 Å². The van der Waals surface area contributed by atoms with Crippen LogP contribution in [0.3, 0.4) is 0 Å². The highest BCUT2D eigenvalue weighted by Crippen LogP contribution is 2.67. The summed E-state index contributed by atoms with van der Waals surface area (Å²) in [6, 6.07) is 0. The highest BCUT2D eigenvalue weighted by molar-refractivity contribution is 5.90. The minimum atomic E-state index is -0.460. The van der Waals surface area contributed by atoms with Crippen LogP contribution in [0.5, 0.6) is 0 Å². The molecule has 1 heterocycles. The lowest BCUT2D eigenvalue weighted by molar-refractivity contribution is -0.152. The number of carbonyl (C=O) groups is 1. The van der Waals surface area contributed by atoms with Crippen molar-refractivity contribution < 1.29 is 24.9 Å². The minimum absolute atomic E-state index is 0.108. The SMILES string of the molecule is CC1=C(CO)C(=O)O[C@@H]([C@@H](C)[C@H]2CC[C@H]3[C@@H]4CC=C5C[C@@H](O)C[C@H](O)[C@]5(C)[C@H]4CC[C@]23C)C1. The molecule has 0 aromatic rings. The minimum Gasteiger partial charge on any atom is -0.458 e. The summed E-state index contributed by atoms with van der Waals surface area (Å²) in [5.74, 6) is 2.15. The van der Waals surface area contributed by atoms with Crippen LogP contribution >= 0.6 is 0 Å². The molecule has 1 aliphatic heterocycles. The standard InChI is InChI=1S/C28H42O5/c1-15-11-24(33-26(32)20(15)14-29)16(2)21-7-8-22-19-6-5-17-12-18(30)13-25(31)28(17,4)23(19)9-10-27(21,22)3/h5,16,18-19,21-25,29-31H,6-14H2,1-4H3/t16-,18+,19-,21+,22-,23-,24+,25-,27+,28-/m0/s1. The zero-order valence-electron chi connectivity index (χ0n) is 20.7. The van der Waals surface area contributed by atoms with Gasteiger partial charge >= 0.3 is 5.97 Å². The predicted molar refractivity (Wildman–Crippen MR) is 126 cm³/mol. The Morgan fingerprint density at radius 3 is 2.61 bits per heavy atom. The number of aliphatic hydroxyl groups excluding tert-OH is 3. The highest BCUT2D eigenvalue weighted by atomic mass is 16.5. The maximum atomic E-state index is 12.5. The van der Waals surface area contributed by atoms with Gasteiger partial charge in [-0.15, -0.1) is 0 Å². The Bertz CT molecular complexity index is 876. The summed E-state index contributed by atoms with van der Waals surface area (Å²) in [5, 5.41) is 30.9. The van der Waals surface area contributed by atoms with Crippen molar-refractivity contribution in [3.8, 4) is 0 Å². The second kappa shape index (κ2) is 8.20. The van der Waals surface area contributed by atoms with Crippen molar-refractivity contribution in [3.63, 3.8) is 0 Å². The number of esters is 1. The van der Waals surface area contributed by atoms with Gasteiger partial charge in [0.1, 0.15) is 6.10 Å². The monoisotopic (exact) mass is 458 g/mol. The Labute approximate surface area is 198 Å². The van der Waals surface area contributed by atoms with Gasteiger partial charge in [-0.25, -0.2) is 4.79 Å². The normalized spacial score (nSPS) is 48.4. The van der Waals surface area contributed by atoms with Crippen LogP contribution in [0.4, 0.5) is 0 Å². The van der Waals surface area contributed by atoms with Crippen molar-refractivity contribution in [1.29, 1.82) is 0 Å². The van der Waals surface area contributed by atoms with Gasteiger partial charge in [-0.3, -0.25) is 0 Å². The van der Waals surface area contributed by atoms with E-state index in [9.17, 15) is 20.1 Å². The van der Waals surface area contributed by atoms with Gasteiger partial charge < -0.3 is 20.1 Å². The lowest BCUT2D eigenvalue weighted by Crippen LogP contribution is -2.56. The molecule has 0 unspecified atom stereocenters. The summed E-state index contributed by atoms with van der Waals surface area (Å²) in [7, 11) is 0. The average molecular weight is 459 g/mol. The molecule has 5 rings (SSSR count). The van der Waals surface area contributed by atoms with Gasteiger partial charge in [0, 0.05) is 18.3 Å². The molecule has 3 fully saturated rings. The molecular weight excluding hydrogens is 416 g/mol. The first-order valence-corrected chi connectivity index (χ1v) is 13.2. The van der Waals surface area contributed by atoms with Crippen LogP contribution < -0.4 is 0 Å². The van der Waals surface area contributed by atoms with Crippen molar-refractivity contribution in [1.82, 2.24) is 0 Å². The summed E-state index contributed by atoms with van der Waals surface area (Å²) in [4.78, 5) is 12.5. The quantitative estimate of drug-likeness (QED) is 0.437. The molecule has 5 aliphatic rings. The van der Waals surface area contributed by atoms with Crippen molar-refractivity contribution in [3.05, 3.63) is 22.8 Å². The van der Waals surface area contributed by atoms with Crippen LogP contribution in [-0.4, -0.2) is 46.2 Å². The number of allylic oxidation sites excluding steroid dienone is 1. The predicted octanol–water partition coefficient (Wildman–Crippen LogP) is 4.16. The molecular formula is C28H42O5. The van der Waals surface area contributed by atoms with E-state index in [0.717, 1.165) is 31.3 Å². The van der Waals surface area contributed by atoms with Gasteiger partial charge in [0.2, 0.25) is 0 Å². The van der Waals surface area contributed by atoms with E-state index in [1.807, 2.05) is 6.92 Å². The van der Waals surface area contributed by atoms with E-state index in [1.165, 1.54) is 18.4 Å².